The van der Waals surface area contributed by atoms with E-state index >= 15 is 0 Å². The van der Waals surface area contributed by atoms with Crippen LogP contribution < -0.4 is 15.4 Å². The van der Waals surface area contributed by atoms with Crippen LogP contribution in [-0.2, 0) is 9.53 Å². The fraction of sp³-hybridized carbons (Fsp3) is 0.513. The molecule has 0 fully saturated rings. The fourth-order valence-electron chi connectivity index (χ4n) is 6.19. The highest BCUT2D eigenvalue weighted by molar-refractivity contribution is 6.07. The van der Waals surface area contributed by atoms with E-state index < -0.39 is 12.1 Å². The highest BCUT2D eigenvalue weighted by Crippen LogP contribution is 2.29. The van der Waals surface area contributed by atoms with Crippen molar-refractivity contribution in [3.63, 3.8) is 0 Å². The second kappa shape index (κ2) is 18.7. The Balaban J connectivity index is 1.58. The molecule has 0 saturated carbocycles. The zero-order chi connectivity index (χ0) is 36.2. The van der Waals surface area contributed by atoms with Gasteiger partial charge in [-0.3, -0.25) is 9.59 Å². The molecule has 11 nitrogen and oxygen atoms in total. The molecule has 4 amide bonds. The molecule has 0 aliphatic carbocycles. The average Bonchev–Trinajstić information content (AvgIpc) is 3.09. The second-order valence-electron chi connectivity index (χ2n) is 13.8. The van der Waals surface area contributed by atoms with E-state index in [-0.39, 0.29) is 48.7 Å². The highest BCUT2D eigenvalue weighted by Gasteiger charge is 2.31. The molecule has 1 heterocycles. The third kappa shape index (κ3) is 10.9. The lowest BCUT2D eigenvalue weighted by atomic mass is 10.0. The van der Waals surface area contributed by atoms with Gasteiger partial charge in [0, 0.05) is 50.2 Å². The van der Waals surface area contributed by atoms with E-state index in [1.54, 1.807) is 42.0 Å². The summed E-state index contributed by atoms with van der Waals surface area (Å²) in [4.78, 5) is 46.1. The van der Waals surface area contributed by atoms with Crippen molar-refractivity contribution in [2.24, 2.45) is 5.92 Å². The molecule has 0 bridgehead atoms. The first kappa shape index (κ1) is 38.6. The molecule has 0 spiro atoms. The molecule has 0 aromatic heterocycles. The number of amides is 4. The van der Waals surface area contributed by atoms with Gasteiger partial charge >= 0.3 is 6.03 Å². The van der Waals surface area contributed by atoms with Crippen LogP contribution in [0.15, 0.2) is 60.7 Å². The zero-order valence-corrected chi connectivity index (χ0v) is 30.5. The van der Waals surface area contributed by atoms with Crippen molar-refractivity contribution in [3.05, 3.63) is 66.2 Å². The zero-order valence-electron chi connectivity index (χ0n) is 30.5. The summed E-state index contributed by atoms with van der Waals surface area (Å²) in [6.07, 6.45) is 3.18. The summed E-state index contributed by atoms with van der Waals surface area (Å²) in [6.45, 7) is 7.58. The van der Waals surface area contributed by atoms with Gasteiger partial charge in [-0.1, -0.05) is 43.3 Å². The largest absolute Gasteiger partial charge is 0.490 e. The Morgan fingerprint density at radius 3 is 2.54 bits per heavy atom. The van der Waals surface area contributed by atoms with E-state index in [9.17, 15) is 19.5 Å². The van der Waals surface area contributed by atoms with Gasteiger partial charge in [-0.25, -0.2) is 4.79 Å². The van der Waals surface area contributed by atoms with Gasteiger partial charge in [-0.15, -0.1) is 0 Å². The number of hydrogen-bond donors (Lipinski definition) is 3. The Hall–Kier alpha value is -4.19. The summed E-state index contributed by atoms with van der Waals surface area (Å²) in [5.41, 5.74) is 1.38. The summed E-state index contributed by atoms with van der Waals surface area (Å²) < 4.78 is 12.7. The van der Waals surface area contributed by atoms with Crippen LogP contribution in [0.25, 0.3) is 10.8 Å². The van der Waals surface area contributed by atoms with Crippen molar-refractivity contribution < 1.29 is 29.0 Å². The first-order valence-corrected chi connectivity index (χ1v) is 17.7. The number of anilines is 2. The van der Waals surface area contributed by atoms with Crippen molar-refractivity contribution >= 4 is 40.0 Å². The molecular formula is C39H55N5O6. The number of rotatable bonds is 10. The summed E-state index contributed by atoms with van der Waals surface area (Å²) in [7, 11) is 5.79. The van der Waals surface area contributed by atoms with E-state index in [1.807, 2.05) is 70.4 Å². The van der Waals surface area contributed by atoms with Crippen LogP contribution in [0.3, 0.4) is 0 Å². The number of carbonyl (C=O) groups is 3. The first-order chi connectivity index (χ1) is 24.0. The van der Waals surface area contributed by atoms with Crippen molar-refractivity contribution in [2.75, 3.05) is 64.6 Å². The number of nitrogens with zero attached hydrogens (tertiary/aromatic N) is 3. The number of nitrogens with one attached hydrogen (secondary N) is 2. The molecule has 0 unspecified atom stereocenters. The van der Waals surface area contributed by atoms with Gasteiger partial charge in [-0.05, 0) is 89.8 Å². The van der Waals surface area contributed by atoms with Gasteiger partial charge in [0.25, 0.3) is 5.91 Å². The van der Waals surface area contributed by atoms with Crippen LogP contribution in [0.4, 0.5) is 16.2 Å². The third-order valence-electron chi connectivity index (χ3n) is 9.22. The molecule has 1 aliphatic rings. The number of ether oxygens (including phenoxy) is 2. The van der Waals surface area contributed by atoms with Gasteiger partial charge in [0.2, 0.25) is 5.91 Å². The average molecular weight is 690 g/mol. The molecule has 4 rings (SSSR count). The maximum Gasteiger partial charge on any atom is 0.323 e. The minimum Gasteiger partial charge on any atom is -0.490 e. The summed E-state index contributed by atoms with van der Waals surface area (Å²) in [5, 5.41) is 18.0. The Labute approximate surface area is 296 Å². The number of likely N-dealkylation sites (N-methyl/N-ethyl adjacent to an activating group) is 1. The minimum atomic E-state index is -0.513. The van der Waals surface area contributed by atoms with Gasteiger partial charge < -0.3 is 39.9 Å². The normalized spacial score (nSPS) is 19.6. The van der Waals surface area contributed by atoms with Crippen LogP contribution in [0.2, 0.25) is 0 Å². The number of benzene rings is 3. The number of fused-ring (bicyclic) bond motifs is 2. The van der Waals surface area contributed by atoms with Crippen LogP contribution in [0, 0.1) is 5.92 Å². The van der Waals surface area contributed by atoms with Gasteiger partial charge in [0.1, 0.15) is 5.75 Å². The summed E-state index contributed by atoms with van der Waals surface area (Å²) >= 11 is 0. The molecule has 272 valence electrons. The molecule has 0 saturated heterocycles. The number of aliphatic hydroxyl groups excluding tert-OH is 1. The lowest BCUT2D eigenvalue weighted by molar-refractivity contribution is -0.132. The highest BCUT2D eigenvalue weighted by atomic mass is 16.5. The Morgan fingerprint density at radius 2 is 1.78 bits per heavy atom. The molecule has 3 aromatic rings. The number of carbonyl (C=O) groups excluding carboxylic acids is 3. The van der Waals surface area contributed by atoms with Crippen LogP contribution in [-0.4, -0.2) is 110 Å². The Morgan fingerprint density at radius 1 is 1.02 bits per heavy atom. The van der Waals surface area contributed by atoms with E-state index in [2.05, 4.69) is 15.5 Å². The van der Waals surface area contributed by atoms with E-state index in [0.717, 1.165) is 43.0 Å². The topological polar surface area (TPSA) is 124 Å². The van der Waals surface area contributed by atoms with Crippen LogP contribution in [0.1, 0.15) is 63.2 Å². The van der Waals surface area contributed by atoms with E-state index in [4.69, 9.17) is 9.47 Å². The monoisotopic (exact) mass is 689 g/mol. The van der Waals surface area contributed by atoms with Crippen molar-refractivity contribution in [2.45, 2.75) is 71.1 Å². The minimum absolute atomic E-state index is 0.0585. The van der Waals surface area contributed by atoms with Crippen LogP contribution in [0.5, 0.6) is 5.75 Å². The van der Waals surface area contributed by atoms with E-state index in [0.29, 0.717) is 36.7 Å². The first-order valence-electron chi connectivity index (χ1n) is 17.7. The summed E-state index contributed by atoms with van der Waals surface area (Å²) in [6, 6.07) is 17.6. The molecule has 0 radical (unpaired) electrons. The predicted octanol–water partition coefficient (Wildman–Crippen LogP) is 6.08. The number of urea groups is 1. The molecule has 4 atom stereocenters. The predicted molar refractivity (Wildman–Crippen MR) is 199 cm³/mol. The molecule has 3 N–H and O–H groups in total. The SMILES string of the molecule is C[C@@H]1CCCCO[C@H](CN(C)C(=O)CCCN(C)C)[C@H](C)CN([C@@H](C)CO)C(=O)c2cc(NC(=O)Nc3cccc4ccccc34)ccc2O1. The number of aliphatic hydroxyl groups is 1. The maximum absolute atomic E-state index is 14.4. The maximum atomic E-state index is 14.4. The van der Waals surface area contributed by atoms with E-state index in [1.165, 1.54) is 0 Å². The quantitative estimate of drug-likeness (QED) is 0.236. The fourth-order valence-corrected chi connectivity index (χ4v) is 6.19. The van der Waals surface area contributed by atoms with Crippen LogP contribution >= 0.6 is 0 Å². The van der Waals surface area contributed by atoms with Gasteiger partial charge in [-0.2, -0.15) is 0 Å². The van der Waals surface area contributed by atoms with Crippen molar-refractivity contribution in [1.82, 2.24) is 14.7 Å². The Bertz CT molecular complexity index is 1580. The lowest BCUT2D eigenvalue weighted by Crippen LogP contribution is -2.48. The molecule has 3 aromatic carbocycles. The van der Waals surface area contributed by atoms with Crippen molar-refractivity contribution in [1.29, 1.82) is 0 Å². The van der Waals surface area contributed by atoms with Gasteiger partial charge in [0.15, 0.2) is 0 Å². The molecule has 11 heteroatoms. The van der Waals surface area contributed by atoms with Gasteiger partial charge in [0.05, 0.1) is 36.1 Å². The number of hydrogen-bond acceptors (Lipinski definition) is 7. The lowest BCUT2D eigenvalue weighted by Gasteiger charge is -2.36. The molecule has 50 heavy (non-hydrogen) atoms. The molecular weight excluding hydrogens is 634 g/mol. The Kier molecular flexibility index (Phi) is 14.4. The van der Waals surface area contributed by atoms with Crippen molar-refractivity contribution in [3.8, 4) is 5.75 Å². The summed E-state index contributed by atoms with van der Waals surface area (Å²) in [5.74, 6) is -0.0204. The molecule has 1 aliphatic heterocycles. The smallest absolute Gasteiger partial charge is 0.323 e. The standard InChI is InChI=1S/C39H55N5O6/c1-27-24-44(28(2)26-45)38(47)33-23-31(40-39(48)41-34-17-11-15-30-14-7-8-16-32(30)34)19-20-35(33)50-29(3)13-9-10-22-49-36(27)25-43(6)37(46)18-12-21-42(4)5/h7-8,11,14-17,19-20,23,27-29,36,45H,9-10,12-13,18,21-22,24-26H2,1-6H3,(H2,40,41,48)/t27-,28+,29-,36-/m1/s1. The second-order valence-corrected chi connectivity index (χ2v) is 13.8. The third-order valence-corrected chi connectivity index (χ3v) is 9.22.